The summed E-state index contributed by atoms with van der Waals surface area (Å²) >= 11 is 6.03. The van der Waals surface area contributed by atoms with E-state index in [-0.39, 0.29) is 36.0 Å². The molecular formula is C22H18ClNO6. The smallest absolute Gasteiger partial charge is 0.344 e. The average molecular weight is 428 g/mol. The zero-order valence-corrected chi connectivity index (χ0v) is 16.8. The minimum atomic E-state index is -0.845. The molecule has 0 saturated heterocycles. The van der Waals surface area contributed by atoms with Crippen molar-refractivity contribution in [3.05, 3.63) is 86.6 Å². The van der Waals surface area contributed by atoms with Gasteiger partial charge in [0.05, 0.1) is 23.5 Å². The van der Waals surface area contributed by atoms with Crippen LogP contribution in [-0.2, 0) is 14.3 Å². The lowest BCUT2D eigenvalue weighted by atomic mass is 9.83. The highest BCUT2D eigenvalue weighted by Crippen LogP contribution is 2.44. The molecule has 2 N–H and O–H groups in total. The molecule has 0 aliphatic carbocycles. The van der Waals surface area contributed by atoms with Crippen LogP contribution in [0.3, 0.4) is 0 Å². The Bertz CT molecular complexity index is 1200. The molecule has 0 spiro atoms. The van der Waals surface area contributed by atoms with E-state index >= 15 is 0 Å². The van der Waals surface area contributed by atoms with Gasteiger partial charge in [0.2, 0.25) is 5.88 Å². The molecule has 0 amide bonds. The molecular weight excluding hydrogens is 410 g/mol. The van der Waals surface area contributed by atoms with Crippen LogP contribution in [0.4, 0.5) is 0 Å². The number of hydrogen-bond acceptors (Lipinski definition) is 7. The van der Waals surface area contributed by atoms with E-state index in [1.54, 1.807) is 48.5 Å². The zero-order chi connectivity index (χ0) is 21.3. The molecule has 0 fully saturated rings. The standard InChI is InChI=1S/C22H18ClNO6/c1-27-10-11-28-21(25)18-16(12-6-8-13(23)9-7-12)17-19(30-20(18)24)14-4-2-3-5-15(14)29-22(17)26/h2-9,16H,10-11,24H2,1H3/t16-/m0/s1. The van der Waals surface area contributed by atoms with Crippen LogP contribution in [0.15, 0.2) is 69.2 Å². The van der Waals surface area contributed by atoms with Crippen molar-refractivity contribution in [1.82, 2.24) is 0 Å². The first kappa shape index (κ1) is 20.0. The quantitative estimate of drug-likeness (QED) is 0.378. The number of carbonyl (C=O) groups excluding carboxylic acids is 1. The number of halogens is 1. The van der Waals surface area contributed by atoms with Crippen molar-refractivity contribution < 1.29 is 23.4 Å². The largest absolute Gasteiger partial charge is 0.460 e. The maximum atomic E-state index is 13.0. The maximum absolute atomic E-state index is 13.0. The summed E-state index contributed by atoms with van der Waals surface area (Å²) in [7, 11) is 1.49. The van der Waals surface area contributed by atoms with Crippen LogP contribution in [0.25, 0.3) is 11.0 Å². The van der Waals surface area contributed by atoms with Gasteiger partial charge in [-0.05, 0) is 29.8 Å². The molecule has 0 unspecified atom stereocenters. The monoisotopic (exact) mass is 427 g/mol. The lowest BCUT2D eigenvalue weighted by Crippen LogP contribution is -2.31. The first-order valence-corrected chi connectivity index (χ1v) is 9.53. The number of fused-ring (bicyclic) bond motifs is 3. The van der Waals surface area contributed by atoms with Crippen molar-refractivity contribution in [3.8, 4) is 5.75 Å². The third kappa shape index (κ3) is 3.53. The number of para-hydroxylation sites is 1. The Morgan fingerprint density at radius 3 is 2.60 bits per heavy atom. The van der Waals surface area contributed by atoms with E-state index in [4.69, 9.17) is 36.0 Å². The molecule has 2 heterocycles. The third-order valence-electron chi connectivity index (χ3n) is 4.80. The Morgan fingerprint density at radius 2 is 1.87 bits per heavy atom. The number of benzene rings is 2. The number of rotatable bonds is 5. The van der Waals surface area contributed by atoms with E-state index < -0.39 is 17.5 Å². The Morgan fingerprint density at radius 1 is 1.13 bits per heavy atom. The second-order valence-corrected chi connectivity index (χ2v) is 7.06. The van der Waals surface area contributed by atoms with Gasteiger partial charge in [-0.3, -0.25) is 0 Å². The highest BCUT2D eigenvalue weighted by atomic mass is 35.5. The summed E-state index contributed by atoms with van der Waals surface area (Å²) in [5, 5.41) is 1.08. The van der Waals surface area contributed by atoms with Crippen molar-refractivity contribution >= 4 is 28.5 Å². The van der Waals surface area contributed by atoms with E-state index in [0.29, 0.717) is 21.6 Å². The minimum Gasteiger partial charge on any atom is -0.460 e. The molecule has 3 aromatic rings. The van der Waals surface area contributed by atoms with Crippen LogP contribution in [0.2, 0.25) is 5.02 Å². The second kappa shape index (κ2) is 8.22. The van der Waals surface area contributed by atoms with E-state index in [1.807, 2.05) is 0 Å². The molecule has 1 atom stereocenters. The predicted molar refractivity (Wildman–Crippen MR) is 110 cm³/mol. The zero-order valence-electron chi connectivity index (χ0n) is 16.0. The highest BCUT2D eigenvalue weighted by Gasteiger charge is 2.39. The molecule has 1 aliphatic rings. The van der Waals surface area contributed by atoms with Gasteiger partial charge in [0.15, 0.2) is 5.75 Å². The van der Waals surface area contributed by atoms with E-state index in [2.05, 4.69) is 0 Å². The van der Waals surface area contributed by atoms with Gasteiger partial charge >= 0.3 is 11.6 Å². The fourth-order valence-corrected chi connectivity index (χ4v) is 3.57. The molecule has 0 radical (unpaired) electrons. The van der Waals surface area contributed by atoms with Crippen molar-refractivity contribution in [1.29, 1.82) is 0 Å². The molecule has 2 aromatic carbocycles. The summed E-state index contributed by atoms with van der Waals surface area (Å²) < 4.78 is 21.5. The van der Waals surface area contributed by atoms with Gasteiger partial charge in [-0.25, -0.2) is 9.59 Å². The molecule has 154 valence electrons. The number of ether oxygens (including phenoxy) is 3. The first-order valence-electron chi connectivity index (χ1n) is 9.16. The van der Waals surface area contributed by atoms with E-state index in [1.165, 1.54) is 7.11 Å². The van der Waals surface area contributed by atoms with Crippen LogP contribution < -0.4 is 16.1 Å². The van der Waals surface area contributed by atoms with Crippen molar-refractivity contribution in [2.75, 3.05) is 20.3 Å². The fourth-order valence-electron chi connectivity index (χ4n) is 3.45. The normalized spacial score (nSPS) is 15.6. The molecule has 4 rings (SSSR count). The van der Waals surface area contributed by atoms with Gasteiger partial charge in [0.1, 0.15) is 17.8 Å². The molecule has 7 nitrogen and oxygen atoms in total. The van der Waals surface area contributed by atoms with Crippen LogP contribution >= 0.6 is 11.6 Å². The maximum Gasteiger partial charge on any atom is 0.344 e. The van der Waals surface area contributed by atoms with Gasteiger partial charge in [-0.15, -0.1) is 0 Å². The van der Waals surface area contributed by atoms with Gasteiger partial charge in [-0.2, -0.15) is 0 Å². The van der Waals surface area contributed by atoms with Crippen LogP contribution in [-0.4, -0.2) is 26.3 Å². The number of carbonyl (C=O) groups is 1. The number of nitrogens with two attached hydrogens (primary N) is 1. The van der Waals surface area contributed by atoms with Crippen LogP contribution in [0.5, 0.6) is 5.75 Å². The minimum absolute atomic E-state index is 0.0171. The van der Waals surface area contributed by atoms with Crippen molar-refractivity contribution in [2.24, 2.45) is 5.73 Å². The molecule has 0 saturated carbocycles. The van der Waals surface area contributed by atoms with Crippen molar-refractivity contribution in [3.63, 3.8) is 0 Å². The van der Waals surface area contributed by atoms with E-state index in [9.17, 15) is 9.59 Å². The topological polar surface area (TPSA) is 101 Å². The van der Waals surface area contributed by atoms with Gasteiger partial charge < -0.3 is 24.4 Å². The summed E-state index contributed by atoms with van der Waals surface area (Å²) in [6, 6.07) is 13.7. The Balaban J connectivity index is 1.93. The van der Waals surface area contributed by atoms with E-state index in [0.717, 1.165) is 0 Å². The summed E-state index contributed by atoms with van der Waals surface area (Å²) in [5.41, 5.74) is 6.70. The highest BCUT2D eigenvalue weighted by molar-refractivity contribution is 6.30. The van der Waals surface area contributed by atoms with Crippen LogP contribution in [0, 0.1) is 0 Å². The van der Waals surface area contributed by atoms with Crippen LogP contribution in [0.1, 0.15) is 17.0 Å². The SMILES string of the molecule is COCCOC(=O)C1=C(N)Oc2c(c(=O)oc3ccccc23)[C@@H]1c1ccc(Cl)cc1. The molecule has 8 heteroatoms. The van der Waals surface area contributed by atoms with Gasteiger partial charge in [0.25, 0.3) is 0 Å². The number of hydrogen-bond donors (Lipinski definition) is 1. The number of esters is 1. The van der Waals surface area contributed by atoms with Crippen molar-refractivity contribution in [2.45, 2.75) is 5.92 Å². The second-order valence-electron chi connectivity index (χ2n) is 6.62. The third-order valence-corrected chi connectivity index (χ3v) is 5.05. The summed E-state index contributed by atoms with van der Waals surface area (Å²) in [6.45, 7) is 0.243. The molecule has 30 heavy (non-hydrogen) atoms. The summed E-state index contributed by atoms with van der Waals surface area (Å²) in [4.78, 5) is 25.8. The Hall–Kier alpha value is -3.29. The molecule has 1 aliphatic heterocycles. The van der Waals surface area contributed by atoms with Gasteiger partial charge in [-0.1, -0.05) is 35.9 Å². The lowest BCUT2D eigenvalue weighted by Gasteiger charge is -2.28. The summed E-state index contributed by atoms with van der Waals surface area (Å²) in [5.74, 6) is -1.43. The molecule has 1 aromatic heterocycles. The first-order chi connectivity index (χ1) is 14.5. The summed E-state index contributed by atoms with van der Waals surface area (Å²) in [6.07, 6.45) is 0. The lowest BCUT2D eigenvalue weighted by molar-refractivity contribution is -0.140. The Kier molecular flexibility index (Phi) is 5.48. The average Bonchev–Trinajstić information content (AvgIpc) is 2.73. The number of methoxy groups -OCH3 is 1. The fraction of sp³-hybridized carbons (Fsp3) is 0.182. The Labute approximate surface area is 176 Å². The predicted octanol–water partition coefficient (Wildman–Crippen LogP) is 3.33. The van der Waals surface area contributed by atoms with Gasteiger partial charge in [0, 0.05) is 12.1 Å². The molecule has 0 bridgehead atoms.